The van der Waals surface area contributed by atoms with E-state index < -0.39 is 17.6 Å². The van der Waals surface area contributed by atoms with E-state index in [9.17, 15) is 18.0 Å². The molecule has 0 bridgehead atoms. The topological polar surface area (TPSA) is 70.1 Å². The van der Waals surface area contributed by atoms with E-state index in [1.165, 1.54) is 12.1 Å². The van der Waals surface area contributed by atoms with Gasteiger partial charge >= 0.3 is 6.18 Å². The Labute approximate surface area is 126 Å². The number of benzene rings is 1. The number of carbonyl (C=O) groups is 1. The first-order chi connectivity index (χ1) is 10.3. The molecule has 1 amide bonds. The highest BCUT2D eigenvalue weighted by Gasteiger charge is 2.34. The molecule has 0 aromatic heterocycles. The van der Waals surface area contributed by atoms with Crippen LogP contribution in [-0.4, -0.2) is 19.0 Å². The molecule has 0 saturated carbocycles. The van der Waals surface area contributed by atoms with Gasteiger partial charge in [-0.25, -0.2) is 0 Å². The Kier molecular flexibility index (Phi) is 4.59. The number of hydrogen-bond donors (Lipinski definition) is 1. The van der Waals surface area contributed by atoms with Crippen molar-refractivity contribution in [2.45, 2.75) is 25.4 Å². The summed E-state index contributed by atoms with van der Waals surface area (Å²) in [5, 5.41) is 8.81. The molecule has 1 aromatic carbocycles. The van der Waals surface area contributed by atoms with Crippen molar-refractivity contribution >= 4 is 11.6 Å². The van der Waals surface area contributed by atoms with Crippen molar-refractivity contribution in [1.29, 1.82) is 5.26 Å². The number of nitrogens with two attached hydrogens (primary N) is 1. The maximum atomic E-state index is 13.0. The fourth-order valence-corrected chi connectivity index (χ4v) is 2.81. The second-order valence-electron chi connectivity index (χ2n) is 5.46. The third kappa shape index (κ3) is 3.70. The number of amides is 1. The molecule has 1 heterocycles. The number of carbonyl (C=O) groups excluding carboxylic acids is 1. The standard InChI is InChI=1S/C15H16F3N3O/c16-15(17,18)13-7-12(4-3-11(13)8-19)21-5-1-2-10(9-21)6-14(20)22/h3-4,7,10H,1-2,5-6,9H2,(H2,20,22). The van der Waals surface area contributed by atoms with Crippen molar-refractivity contribution in [3.05, 3.63) is 29.3 Å². The molecule has 22 heavy (non-hydrogen) atoms. The summed E-state index contributed by atoms with van der Waals surface area (Å²) in [6.45, 7) is 1.12. The van der Waals surface area contributed by atoms with Gasteiger partial charge in [0.15, 0.2) is 0 Å². The van der Waals surface area contributed by atoms with E-state index in [0.717, 1.165) is 18.9 Å². The fourth-order valence-electron chi connectivity index (χ4n) is 2.81. The third-order valence-corrected chi connectivity index (χ3v) is 3.80. The summed E-state index contributed by atoms with van der Waals surface area (Å²) < 4.78 is 39.0. The summed E-state index contributed by atoms with van der Waals surface area (Å²) >= 11 is 0. The molecule has 1 aromatic rings. The molecule has 1 unspecified atom stereocenters. The monoisotopic (exact) mass is 311 g/mol. The SMILES string of the molecule is N#Cc1ccc(N2CCCC(CC(N)=O)C2)cc1C(F)(F)F. The second kappa shape index (κ2) is 6.26. The summed E-state index contributed by atoms with van der Waals surface area (Å²) in [6.07, 6.45) is -2.70. The van der Waals surface area contributed by atoms with Crippen molar-refractivity contribution < 1.29 is 18.0 Å². The fraction of sp³-hybridized carbons (Fsp3) is 0.467. The van der Waals surface area contributed by atoms with Crippen molar-refractivity contribution in [2.24, 2.45) is 11.7 Å². The molecule has 1 atom stereocenters. The molecule has 0 spiro atoms. The smallest absolute Gasteiger partial charge is 0.371 e. The minimum atomic E-state index is -4.57. The van der Waals surface area contributed by atoms with Gasteiger partial charge in [-0.05, 0) is 37.0 Å². The van der Waals surface area contributed by atoms with E-state index >= 15 is 0 Å². The van der Waals surface area contributed by atoms with Gasteiger partial charge in [0.1, 0.15) is 0 Å². The van der Waals surface area contributed by atoms with Gasteiger partial charge < -0.3 is 10.6 Å². The van der Waals surface area contributed by atoms with Gasteiger partial charge in [-0.3, -0.25) is 4.79 Å². The van der Waals surface area contributed by atoms with Crippen LogP contribution in [0.25, 0.3) is 0 Å². The maximum absolute atomic E-state index is 13.0. The van der Waals surface area contributed by atoms with Crippen molar-refractivity contribution in [1.82, 2.24) is 0 Å². The second-order valence-corrected chi connectivity index (χ2v) is 5.46. The zero-order chi connectivity index (χ0) is 16.3. The first-order valence-corrected chi connectivity index (χ1v) is 6.96. The Hall–Kier alpha value is -2.23. The summed E-state index contributed by atoms with van der Waals surface area (Å²) in [5.74, 6) is -0.348. The van der Waals surface area contributed by atoms with E-state index in [4.69, 9.17) is 11.0 Å². The lowest BCUT2D eigenvalue weighted by Crippen LogP contribution is -2.37. The van der Waals surface area contributed by atoms with Crippen molar-refractivity contribution in [2.75, 3.05) is 18.0 Å². The Morgan fingerprint density at radius 2 is 2.18 bits per heavy atom. The molecule has 118 valence electrons. The van der Waals surface area contributed by atoms with Crippen LogP contribution in [0.5, 0.6) is 0 Å². The number of hydrogen-bond acceptors (Lipinski definition) is 3. The Balaban J connectivity index is 2.25. The Morgan fingerprint density at radius 1 is 1.45 bits per heavy atom. The summed E-state index contributed by atoms with van der Waals surface area (Å²) in [4.78, 5) is 12.8. The van der Waals surface area contributed by atoms with E-state index in [0.29, 0.717) is 18.8 Å². The largest absolute Gasteiger partial charge is 0.417 e. The predicted octanol–water partition coefficient (Wildman–Crippen LogP) is 2.67. The van der Waals surface area contributed by atoms with Crippen LogP contribution in [-0.2, 0) is 11.0 Å². The minimum Gasteiger partial charge on any atom is -0.371 e. The van der Waals surface area contributed by atoms with Gasteiger partial charge in [0, 0.05) is 25.2 Å². The number of halogens is 3. The predicted molar refractivity (Wildman–Crippen MR) is 74.9 cm³/mol. The number of alkyl halides is 3. The Bertz CT molecular complexity index is 607. The van der Waals surface area contributed by atoms with Gasteiger partial charge in [0.25, 0.3) is 0 Å². The zero-order valence-corrected chi connectivity index (χ0v) is 11.9. The number of anilines is 1. The van der Waals surface area contributed by atoms with Crippen LogP contribution in [0.1, 0.15) is 30.4 Å². The quantitative estimate of drug-likeness (QED) is 0.933. The van der Waals surface area contributed by atoms with E-state index in [2.05, 4.69) is 0 Å². The molecule has 1 fully saturated rings. The molecule has 1 aliphatic heterocycles. The highest BCUT2D eigenvalue weighted by Crippen LogP contribution is 2.35. The first kappa shape index (κ1) is 16.1. The van der Waals surface area contributed by atoms with Gasteiger partial charge in [0.2, 0.25) is 5.91 Å². The van der Waals surface area contributed by atoms with Crippen LogP contribution in [0.15, 0.2) is 18.2 Å². The zero-order valence-electron chi connectivity index (χ0n) is 11.9. The average Bonchev–Trinajstić information content (AvgIpc) is 2.45. The minimum absolute atomic E-state index is 0.0521. The van der Waals surface area contributed by atoms with Gasteiger partial charge in [-0.2, -0.15) is 18.4 Å². The molecule has 2 N–H and O–H groups in total. The van der Waals surface area contributed by atoms with Gasteiger partial charge in [-0.15, -0.1) is 0 Å². The van der Waals surface area contributed by atoms with E-state index in [-0.39, 0.29) is 17.9 Å². The van der Waals surface area contributed by atoms with Crippen molar-refractivity contribution in [3.8, 4) is 6.07 Å². The van der Waals surface area contributed by atoms with Crippen LogP contribution < -0.4 is 10.6 Å². The number of rotatable bonds is 3. The molecule has 0 aliphatic carbocycles. The highest BCUT2D eigenvalue weighted by molar-refractivity contribution is 5.74. The van der Waals surface area contributed by atoms with E-state index in [1.54, 1.807) is 6.07 Å². The molecule has 1 aliphatic rings. The first-order valence-electron chi connectivity index (χ1n) is 6.96. The summed E-state index contributed by atoms with van der Waals surface area (Å²) in [7, 11) is 0. The van der Waals surface area contributed by atoms with Crippen LogP contribution in [0, 0.1) is 17.2 Å². The normalized spacial score (nSPS) is 18.8. The maximum Gasteiger partial charge on any atom is 0.417 e. The molecule has 2 rings (SSSR count). The van der Waals surface area contributed by atoms with Crippen LogP contribution >= 0.6 is 0 Å². The average molecular weight is 311 g/mol. The number of nitrogens with zero attached hydrogens (tertiary/aromatic N) is 2. The summed E-state index contributed by atoms with van der Waals surface area (Å²) in [6, 6.07) is 5.28. The Morgan fingerprint density at radius 3 is 2.77 bits per heavy atom. The van der Waals surface area contributed by atoms with Gasteiger partial charge in [-0.1, -0.05) is 0 Å². The lowest BCUT2D eigenvalue weighted by atomic mass is 9.94. The van der Waals surface area contributed by atoms with Crippen molar-refractivity contribution in [3.63, 3.8) is 0 Å². The molecule has 0 radical (unpaired) electrons. The number of piperidine rings is 1. The molecule has 7 heteroatoms. The lowest BCUT2D eigenvalue weighted by Gasteiger charge is -2.34. The third-order valence-electron chi connectivity index (χ3n) is 3.80. The molecule has 1 saturated heterocycles. The molecular formula is C15H16F3N3O. The lowest BCUT2D eigenvalue weighted by molar-refractivity contribution is -0.137. The van der Waals surface area contributed by atoms with Crippen LogP contribution in [0.2, 0.25) is 0 Å². The number of nitriles is 1. The molecular weight excluding hydrogens is 295 g/mol. The summed E-state index contributed by atoms with van der Waals surface area (Å²) in [5.41, 5.74) is 4.29. The van der Waals surface area contributed by atoms with Crippen LogP contribution in [0.4, 0.5) is 18.9 Å². The van der Waals surface area contributed by atoms with E-state index in [1.807, 2.05) is 4.90 Å². The van der Waals surface area contributed by atoms with Crippen LogP contribution in [0.3, 0.4) is 0 Å². The van der Waals surface area contributed by atoms with Gasteiger partial charge in [0.05, 0.1) is 17.2 Å². The number of primary amides is 1. The highest BCUT2D eigenvalue weighted by atomic mass is 19.4. The molecule has 4 nitrogen and oxygen atoms in total.